The highest BCUT2D eigenvalue weighted by molar-refractivity contribution is 7.92. The van der Waals surface area contributed by atoms with Crippen molar-refractivity contribution in [1.29, 1.82) is 0 Å². The summed E-state index contributed by atoms with van der Waals surface area (Å²) < 4.78 is 55.3. The van der Waals surface area contributed by atoms with Crippen LogP contribution < -0.4 is 10.3 Å². The standard InChI is InChI=1S/C24H23N3O6S2/c1-4-26-14-21(18-8-5-16(2)22(13-18)25-34(3,30)31)20-11-12-27(23(20)24(26)29)35(32,33)19-9-6-17(15-28)7-10-19/h5-15,25H,4H2,1-3H3. The van der Waals surface area contributed by atoms with Gasteiger partial charge in [0, 0.05) is 35.5 Å². The molecular weight excluding hydrogens is 490 g/mol. The zero-order valence-electron chi connectivity index (χ0n) is 19.2. The molecule has 2 aromatic heterocycles. The van der Waals surface area contributed by atoms with Crippen molar-refractivity contribution in [2.45, 2.75) is 25.3 Å². The van der Waals surface area contributed by atoms with E-state index >= 15 is 0 Å². The molecule has 0 radical (unpaired) electrons. The summed E-state index contributed by atoms with van der Waals surface area (Å²) >= 11 is 0. The maximum atomic E-state index is 13.4. The smallest absolute Gasteiger partial charge is 0.276 e. The first-order chi connectivity index (χ1) is 16.5. The fourth-order valence-corrected chi connectivity index (χ4v) is 5.82. The number of pyridine rings is 1. The number of aromatic nitrogens is 2. The summed E-state index contributed by atoms with van der Waals surface area (Å²) in [6.07, 6.45) is 4.63. The van der Waals surface area contributed by atoms with E-state index in [0.29, 0.717) is 46.2 Å². The van der Waals surface area contributed by atoms with Crippen LogP contribution in [0.3, 0.4) is 0 Å². The van der Waals surface area contributed by atoms with Gasteiger partial charge in [0.25, 0.3) is 15.6 Å². The number of benzene rings is 2. The van der Waals surface area contributed by atoms with E-state index in [2.05, 4.69) is 4.72 Å². The second-order valence-corrected chi connectivity index (χ2v) is 11.7. The minimum atomic E-state index is -4.14. The second kappa shape index (κ2) is 8.82. The fourth-order valence-electron chi connectivity index (χ4n) is 3.86. The third-order valence-corrected chi connectivity index (χ3v) is 7.93. The quantitative estimate of drug-likeness (QED) is 0.379. The molecule has 2 aromatic carbocycles. The highest BCUT2D eigenvalue weighted by Crippen LogP contribution is 2.32. The van der Waals surface area contributed by atoms with Gasteiger partial charge in [0.2, 0.25) is 10.0 Å². The largest absolute Gasteiger partial charge is 0.313 e. The molecule has 11 heteroatoms. The number of carbonyl (C=O) groups excluding carboxylic acids is 1. The van der Waals surface area contributed by atoms with Crippen LogP contribution >= 0.6 is 0 Å². The number of hydrogen-bond acceptors (Lipinski definition) is 6. The molecular formula is C24H23N3O6S2. The first kappa shape index (κ1) is 24.4. The molecule has 0 saturated heterocycles. The first-order valence-electron chi connectivity index (χ1n) is 10.6. The van der Waals surface area contributed by atoms with Crippen molar-refractivity contribution in [3.05, 3.63) is 82.4 Å². The van der Waals surface area contributed by atoms with Crippen molar-refractivity contribution in [2.24, 2.45) is 0 Å². The van der Waals surface area contributed by atoms with E-state index in [4.69, 9.17) is 0 Å². The number of sulfonamides is 1. The fraction of sp³-hybridized carbons (Fsp3) is 0.167. The number of nitrogens with zero attached hydrogens (tertiary/aromatic N) is 2. The van der Waals surface area contributed by atoms with E-state index in [9.17, 15) is 26.4 Å². The molecule has 0 aliphatic heterocycles. The molecule has 0 saturated carbocycles. The van der Waals surface area contributed by atoms with Gasteiger partial charge in [-0.05, 0) is 49.2 Å². The lowest BCUT2D eigenvalue weighted by Gasteiger charge is -2.14. The summed E-state index contributed by atoms with van der Waals surface area (Å²) in [5, 5.41) is 0.405. The van der Waals surface area contributed by atoms with Crippen LogP contribution in [0.15, 0.2) is 70.6 Å². The number of carbonyl (C=O) groups is 1. The third-order valence-electron chi connectivity index (χ3n) is 5.65. The van der Waals surface area contributed by atoms with E-state index in [1.165, 1.54) is 35.0 Å². The van der Waals surface area contributed by atoms with Gasteiger partial charge in [-0.15, -0.1) is 0 Å². The average Bonchev–Trinajstić information content (AvgIpc) is 3.27. The average molecular weight is 514 g/mol. The van der Waals surface area contributed by atoms with Crippen LogP contribution in [0.25, 0.3) is 22.0 Å². The lowest BCUT2D eigenvalue weighted by molar-refractivity contribution is 0.112. The lowest BCUT2D eigenvalue weighted by Crippen LogP contribution is -2.24. The highest BCUT2D eigenvalue weighted by atomic mass is 32.2. The van der Waals surface area contributed by atoms with Crippen LogP contribution in [0, 0.1) is 6.92 Å². The molecule has 1 N–H and O–H groups in total. The molecule has 0 unspecified atom stereocenters. The van der Waals surface area contributed by atoms with Crippen LogP contribution in [0.5, 0.6) is 0 Å². The monoisotopic (exact) mass is 513 g/mol. The minimum Gasteiger partial charge on any atom is -0.313 e. The molecule has 9 nitrogen and oxygen atoms in total. The molecule has 4 aromatic rings. The molecule has 35 heavy (non-hydrogen) atoms. The summed E-state index contributed by atoms with van der Waals surface area (Å²) in [7, 11) is -7.66. The summed E-state index contributed by atoms with van der Waals surface area (Å²) in [5.41, 5.74) is 2.10. The Morgan fingerprint density at radius 3 is 2.29 bits per heavy atom. The number of anilines is 1. The SMILES string of the molecule is CCn1cc(-c2ccc(C)c(NS(C)(=O)=O)c2)c2ccn(S(=O)(=O)c3ccc(C=O)cc3)c2c1=O. The van der Waals surface area contributed by atoms with E-state index in [0.717, 1.165) is 10.2 Å². The molecule has 4 rings (SSSR count). The Morgan fingerprint density at radius 1 is 1.00 bits per heavy atom. The van der Waals surface area contributed by atoms with Crippen LogP contribution in [0.2, 0.25) is 0 Å². The van der Waals surface area contributed by atoms with Crippen molar-refractivity contribution >= 4 is 42.9 Å². The predicted molar refractivity (Wildman–Crippen MR) is 135 cm³/mol. The normalized spacial score (nSPS) is 12.1. The zero-order valence-corrected chi connectivity index (χ0v) is 20.9. The number of rotatable bonds is 7. The zero-order chi connectivity index (χ0) is 25.5. The first-order valence-corrected chi connectivity index (χ1v) is 13.9. The highest BCUT2D eigenvalue weighted by Gasteiger charge is 2.23. The second-order valence-electron chi connectivity index (χ2n) is 8.10. The van der Waals surface area contributed by atoms with Gasteiger partial charge in [0.15, 0.2) is 0 Å². The Labute approximate surface area is 202 Å². The van der Waals surface area contributed by atoms with Crippen LogP contribution in [0.4, 0.5) is 5.69 Å². The lowest BCUT2D eigenvalue weighted by atomic mass is 10.0. The topological polar surface area (TPSA) is 124 Å². The molecule has 0 atom stereocenters. The molecule has 0 spiro atoms. The minimum absolute atomic E-state index is 0.0259. The van der Waals surface area contributed by atoms with Crippen molar-refractivity contribution in [3.63, 3.8) is 0 Å². The maximum absolute atomic E-state index is 13.4. The summed E-state index contributed by atoms with van der Waals surface area (Å²) in [4.78, 5) is 24.1. The van der Waals surface area contributed by atoms with Gasteiger partial charge < -0.3 is 4.57 Å². The van der Waals surface area contributed by atoms with Gasteiger partial charge in [-0.25, -0.2) is 20.8 Å². The molecule has 0 bridgehead atoms. The van der Waals surface area contributed by atoms with Crippen LogP contribution in [-0.2, 0) is 26.6 Å². The molecule has 0 aliphatic rings. The van der Waals surface area contributed by atoms with E-state index in [-0.39, 0.29) is 10.4 Å². The third kappa shape index (κ3) is 4.52. The predicted octanol–water partition coefficient (Wildman–Crippen LogP) is 3.22. The summed E-state index contributed by atoms with van der Waals surface area (Å²) in [6, 6.07) is 12.2. The molecule has 0 aliphatic carbocycles. The van der Waals surface area contributed by atoms with Gasteiger partial charge in [-0.3, -0.25) is 14.3 Å². The Bertz CT molecular complexity index is 1730. The number of hydrogen-bond donors (Lipinski definition) is 1. The maximum Gasteiger partial charge on any atom is 0.276 e. The van der Waals surface area contributed by atoms with Gasteiger partial charge >= 0.3 is 0 Å². The van der Waals surface area contributed by atoms with Gasteiger partial charge in [0.05, 0.1) is 16.8 Å². The van der Waals surface area contributed by atoms with Crippen molar-refractivity contribution in [3.8, 4) is 11.1 Å². The number of fused-ring (bicyclic) bond motifs is 1. The van der Waals surface area contributed by atoms with Crippen molar-refractivity contribution in [2.75, 3.05) is 11.0 Å². The molecule has 0 amide bonds. The Morgan fingerprint density at radius 2 is 1.69 bits per heavy atom. The van der Waals surface area contributed by atoms with E-state index in [1.54, 1.807) is 44.3 Å². The number of aldehydes is 1. The number of aryl methyl sites for hydroxylation is 2. The molecule has 0 fully saturated rings. The van der Waals surface area contributed by atoms with Crippen LogP contribution in [-0.4, -0.2) is 37.9 Å². The van der Waals surface area contributed by atoms with Crippen molar-refractivity contribution in [1.82, 2.24) is 8.54 Å². The van der Waals surface area contributed by atoms with Crippen molar-refractivity contribution < 1.29 is 21.6 Å². The summed E-state index contributed by atoms with van der Waals surface area (Å²) in [5.74, 6) is 0. The van der Waals surface area contributed by atoms with Gasteiger partial charge in [-0.1, -0.05) is 24.3 Å². The van der Waals surface area contributed by atoms with Gasteiger partial charge in [0.1, 0.15) is 11.8 Å². The van der Waals surface area contributed by atoms with E-state index < -0.39 is 25.6 Å². The van der Waals surface area contributed by atoms with Crippen LogP contribution in [0.1, 0.15) is 22.8 Å². The Kier molecular flexibility index (Phi) is 6.16. The van der Waals surface area contributed by atoms with E-state index in [1.807, 2.05) is 0 Å². The van der Waals surface area contributed by atoms with Gasteiger partial charge in [-0.2, -0.15) is 0 Å². The Balaban J connectivity index is 1.98. The number of nitrogens with one attached hydrogen (secondary N) is 1. The molecule has 2 heterocycles. The molecule has 182 valence electrons. The Hall–Kier alpha value is -3.70. The summed E-state index contributed by atoms with van der Waals surface area (Å²) in [6.45, 7) is 3.82.